The van der Waals surface area contributed by atoms with Gasteiger partial charge in [0.05, 0.1) is 33.0 Å². The van der Waals surface area contributed by atoms with E-state index in [9.17, 15) is 0 Å². The van der Waals surface area contributed by atoms with Crippen LogP contribution in [0.2, 0.25) is 0 Å². The summed E-state index contributed by atoms with van der Waals surface area (Å²) in [6.45, 7) is 7.06. The zero-order chi connectivity index (χ0) is 11.5. The van der Waals surface area contributed by atoms with E-state index < -0.39 is 0 Å². The molecule has 96 valence electrons. The van der Waals surface area contributed by atoms with E-state index in [1.807, 2.05) is 0 Å². The lowest BCUT2D eigenvalue weighted by Gasteiger charge is -2.26. The molecule has 0 aromatic carbocycles. The molecule has 0 amide bonds. The van der Waals surface area contributed by atoms with E-state index in [1.165, 1.54) is 32.4 Å². The Morgan fingerprint density at radius 1 is 0.812 bits per heavy atom. The van der Waals surface area contributed by atoms with Crippen LogP contribution in [0.3, 0.4) is 0 Å². The second-order valence-electron chi connectivity index (χ2n) is 4.12. The van der Waals surface area contributed by atoms with E-state index >= 15 is 0 Å². The van der Waals surface area contributed by atoms with Crippen LogP contribution >= 0.6 is 0 Å². The summed E-state index contributed by atoms with van der Waals surface area (Å²) in [7, 11) is 1.68. The molecular weight excluding hydrogens is 206 g/mol. The van der Waals surface area contributed by atoms with Gasteiger partial charge in [-0.2, -0.15) is 0 Å². The fourth-order valence-corrected chi connectivity index (χ4v) is 1.84. The van der Waals surface area contributed by atoms with Gasteiger partial charge in [-0.1, -0.05) is 6.42 Å². The van der Waals surface area contributed by atoms with Gasteiger partial charge in [0.25, 0.3) is 0 Å². The first-order valence-electron chi connectivity index (χ1n) is 6.30. The molecule has 0 aromatic rings. The van der Waals surface area contributed by atoms with Crippen molar-refractivity contribution in [3.05, 3.63) is 0 Å². The minimum absolute atomic E-state index is 0.659. The van der Waals surface area contributed by atoms with Gasteiger partial charge < -0.3 is 19.1 Å². The molecule has 1 saturated heterocycles. The van der Waals surface area contributed by atoms with Gasteiger partial charge >= 0.3 is 0 Å². The second-order valence-corrected chi connectivity index (χ2v) is 4.12. The van der Waals surface area contributed by atoms with Crippen LogP contribution in [0.5, 0.6) is 0 Å². The number of nitrogens with zero attached hydrogens (tertiary/aromatic N) is 1. The van der Waals surface area contributed by atoms with Crippen LogP contribution in [0.25, 0.3) is 0 Å². The second kappa shape index (κ2) is 10.0. The molecule has 0 radical (unpaired) electrons. The molecule has 16 heavy (non-hydrogen) atoms. The first-order chi connectivity index (χ1) is 7.93. The molecule has 0 spiro atoms. The van der Waals surface area contributed by atoms with E-state index in [1.54, 1.807) is 7.11 Å². The van der Waals surface area contributed by atoms with E-state index in [-0.39, 0.29) is 0 Å². The standard InChI is InChI=1S/C12H25NO3/c1-14-9-10-16-12-11-15-8-7-13-5-3-2-4-6-13/h2-12H2,1H3. The minimum atomic E-state index is 0.659. The van der Waals surface area contributed by atoms with Crippen LogP contribution in [-0.4, -0.2) is 64.7 Å². The Morgan fingerprint density at radius 2 is 1.44 bits per heavy atom. The predicted octanol–water partition coefficient (Wildman–Crippen LogP) is 1.15. The van der Waals surface area contributed by atoms with Gasteiger partial charge in [-0.25, -0.2) is 0 Å². The molecule has 4 heteroatoms. The summed E-state index contributed by atoms with van der Waals surface area (Å²) < 4.78 is 15.7. The number of likely N-dealkylation sites (tertiary alicyclic amines) is 1. The fraction of sp³-hybridized carbons (Fsp3) is 1.00. The van der Waals surface area contributed by atoms with Crippen molar-refractivity contribution in [3.63, 3.8) is 0 Å². The van der Waals surface area contributed by atoms with Crippen molar-refractivity contribution >= 4 is 0 Å². The first-order valence-corrected chi connectivity index (χ1v) is 6.30. The summed E-state index contributed by atoms with van der Waals surface area (Å²) in [5.74, 6) is 0. The maximum absolute atomic E-state index is 5.51. The van der Waals surface area contributed by atoms with Crippen molar-refractivity contribution < 1.29 is 14.2 Å². The average molecular weight is 231 g/mol. The molecule has 1 heterocycles. The van der Waals surface area contributed by atoms with E-state index in [2.05, 4.69) is 4.90 Å². The number of rotatable bonds is 9. The lowest BCUT2D eigenvalue weighted by atomic mass is 10.1. The maximum atomic E-state index is 5.51. The third-order valence-electron chi connectivity index (χ3n) is 2.80. The Bertz CT molecular complexity index is 149. The summed E-state index contributed by atoms with van der Waals surface area (Å²) in [6, 6.07) is 0. The predicted molar refractivity (Wildman–Crippen MR) is 63.8 cm³/mol. The zero-order valence-corrected chi connectivity index (χ0v) is 10.5. The number of hydrogen-bond acceptors (Lipinski definition) is 4. The van der Waals surface area contributed by atoms with Gasteiger partial charge in [0, 0.05) is 13.7 Å². The van der Waals surface area contributed by atoms with Gasteiger partial charge in [0.1, 0.15) is 0 Å². The minimum Gasteiger partial charge on any atom is -0.382 e. The molecule has 0 bridgehead atoms. The molecule has 1 fully saturated rings. The van der Waals surface area contributed by atoms with Crippen LogP contribution in [-0.2, 0) is 14.2 Å². The summed E-state index contributed by atoms with van der Waals surface area (Å²) in [4.78, 5) is 2.48. The highest BCUT2D eigenvalue weighted by Gasteiger charge is 2.08. The van der Waals surface area contributed by atoms with E-state index in [4.69, 9.17) is 14.2 Å². The van der Waals surface area contributed by atoms with Gasteiger partial charge in [0.2, 0.25) is 0 Å². The van der Waals surface area contributed by atoms with Crippen LogP contribution in [0, 0.1) is 0 Å². The Kier molecular flexibility index (Phi) is 8.71. The largest absolute Gasteiger partial charge is 0.382 e. The number of hydrogen-bond donors (Lipinski definition) is 0. The van der Waals surface area contributed by atoms with Crippen molar-refractivity contribution in [2.24, 2.45) is 0 Å². The lowest BCUT2D eigenvalue weighted by Crippen LogP contribution is -2.32. The summed E-state index contributed by atoms with van der Waals surface area (Å²) in [5.41, 5.74) is 0. The van der Waals surface area contributed by atoms with Crippen molar-refractivity contribution in [1.82, 2.24) is 4.90 Å². The lowest BCUT2D eigenvalue weighted by molar-refractivity contribution is 0.0184. The molecule has 0 atom stereocenters. The molecule has 1 aliphatic heterocycles. The van der Waals surface area contributed by atoms with Gasteiger partial charge in [-0.05, 0) is 25.9 Å². The normalized spacial score (nSPS) is 17.8. The Morgan fingerprint density at radius 3 is 2.12 bits per heavy atom. The summed E-state index contributed by atoms with van der Waals surface area (Å²) in [6.07, 6.45) is 4.09. The van der Waals surface area contributed by atoms with Gasteiger partial charge in [0.15, 0.2) is 0 Å². The summed E-state index contributed by atoms with van der Waals surface area (Å²) >= 11 is 0. The van der Waals surface area contributed by atoms with Crippen LogP contribution in [0.4, 0.5) is 0 Å². The van der Waals surface area contributed by atoms with Crippen LogP contribution in [0.1, 0.15) is 19.3 Å². The van der Waals surface area contributed by atoms with Crippen LogP contribution in [0.15, 0.2) is 0 Å². The highest BCUT2D eigenvalue weighted by molar-refractivity contribution is 4.63. The SMILES string of the molecule is COCCOCCOCCN1CCCCC1. The van der Waals surface area contributed by atoms with Gasteiger partial charge in [-0.15, -0.1) is 0 Å². The van der Waals surface area contributed by atoms with E-state index in [0.717, 1.165) is 13.2 Å². The smallest absolute Gasteiger partial charge is 0.0701 e. The highest BCUT2D eigenvalue weighted by Crippen LogP contribution is 2.07. The maximum Gasteiger partial charge on any atom is 0.0701 e. The average Bonchev–Trinajstić information content (AvgIpc) is 2.34. The van der Waals surface area contributed by atoms with Crippen molar-refractivity contribution in [3.8, 4) is 0 Å². The summed E-state index contributed by atoms with van der Waals surface area (Å²) in [5, 5.41) is 0. The molecule has 0 unspecified atom stereocenters. The zero-order valence-electron chi connectivity index (χ0n) is 10.5. The molecule has 0 N–H and O–H groups in total. The monoisotopic (exact) mass is 231 g/mol. The Labute approximate surface area is 98.8 Å². The molecule has 0 aromatic heterocycles. The molecule has 0 aliphatic carbocycles. The van der Waals surface area contributed by atoms with Crippen molar-refractivity contribution in [1.29, 1.82) is 0 Å². The number of ether oxygens (including phenoxy) is 3. The van der Waals surface area contributed by atoms with E-state index in [0.29, 0.717) is 26.4 Å². The molecule has 0 saturated carbocycles. The first kappa shape index (κ1) is 13.9. The molecule has 4 nitrogen and oxygen atoms in total. The van der Waals surface area contributed by atoms with Crippen LogP contribution < -0.4 is 0 Å². The van der Waals surface area contributed by atoms with Crippen molar-refractivity contribution in [2.45, 2.75) is 19.3 Å². The fourth-order valence-electron chi connectivity index (χ4n) is 1.84. The molecule has 1 aliphatic rings. The quantitative estimate of drug-likeness (QED) is 0.557. The topological polar surface area (TPSA) is 30.9 Å². The third kappa shape index (κ3) is 7.17. The van der Waals surface area contributed by atoms with Gasteiger partial charge in [-0.3, -0.25) is 0 Å². The third-order valence-corrected chi connectivity index (χ3v) is 2.80. The molecular formula is C12H25NO3. The Balaban J connectivity index is 1.77. The Hall–Kier alpha value is -0.160. The van der Waals surface area contributed by atoms with Crippen molar-refractivity contribution in [2.75, 3.05) is 59.8 Å². The molecule has 1 rings (SSSR count). The highest BCUT2D eigenvalue weighted by atomic mass is 16.5. The number of methoxy groups -OCH3 is 1. The number of piperidine rings is 1.